The van der Waals surface area contributed by atoms with Crippen LogP contribution in [0, 0.1) is 5.92 Å². The fourth-order valence-electron chi connectivity index (χ4n) is 2.87. The van der Waals surface area contributed by atoms with Gasteiger partial charge in [-0.1, -0.05) is 13.8 Å². The summed E-state index contributed by atoms with van der Waals surface area (Å²) < 4.78 is 7.95. The SMILES string of the molecule is CC(C)C(CN)c1cncn1C1(C)CCCOC1. The first kappa shape index (κ1) is 13.6. The third kappa shape index (κ3) is 2.45. The number of ether oxygens (including phenoxy) is 1. The predicted octanol–water partition coefficient (Wildman–Crippen LogP) is 2.11. The first-order valence-electron chi connectivity index (χ1n) is 6.89. The number of nitrogens with zero attached hydrogens (tertiary/aromatic N) is 2. The third-order valence-corrected chi connectivity index (χ3v) is 4.10. The lowest BCUT2D eigenvalue weighted by Crippen LogP contribution is -2.40. The van der Waals surface area contributed by atoms with E-state index in [2.05, 4.69) is 30.3 Å². The van der Waals surface area contributed by atoms with Crippen molar-refractivity contribution in [2.45, 2.75) is 45.1 Å². The van der Waals surface area contributed by atoms with E-state index in [4.69, 9.17) is 10.5 Å². The zero-order chi connectivity index (χ0) is 13.2. The smallest absolute Gasteiger partial charge is 0.0954 e. The van der Waals surface area contributed by atoms with Gasteiger partial charge in [-0.05, 0) is 25.7 Å². The van der Waals surface area contributed by atoms with Gasteiger partial charge in [0.25, 0.3) is 0 Å². The molecular formula is C14H25N3O. The van der Waals surface area contributed by atoms with Crippen molar-refractivity contribution in [3.05, 3.63) is 18.2 Å². The van der Waals surface area contributed by atoms with Gasteiger partial charge in [0.15, 0.2) is 0 Å². The highest BCUT2D eigenvalue weighted by Gasteiger charge is 2.33. The largest absolute Gasteiger partial charge is 0.379 e. The zero-order valence-corrected chi connectivity index (χ0v) is 11.7. The van der Waals surface area contributed by atoms with Gasteiger partial charge in [0.05, 0.1) is 18.5 Å². The van der Waals surface area contributed by atoms with Crippen molar-refractivity contribution >= 4 is 0 Å². The lowest BCUT2D eigenvalue weighted by atomic mass is 9.89. The molecule has 4 heteroatoms. The molecule has 4 nitrogen and oxygen atoms in total. The molecule has 1 aromatic rings. The Hall–Kier alpha value is -0.870. The van der Waals surface area contributed by atoms with Crippen LogP contribution in [0.15, 0.2) is 12.5 Å². The molecule has 0 amide bonds. The van der Waals surface area contributed by atoms with E-state index in [1.165, 1.54) is 5.69 Å². The monoisotopic (exact) mass is 251 g/mol. The molecule has 102 valence electrons. The minimum Gasteiger partial charge on any atom is -0.379 e. The second-order valence-electron chi connectivity index (χ2n) is 5.93. The van der Waals surface area contributed by atoms with E-state index in [9.17, 15) is 0 Å². The molecule has 0 aromatic carbocycles. The normalized spacial score (nSPS) is 26.5. The molecule has 2 atom stereocenters. The summed E-state index contributed by atoms with van der Waals surface area (Å²) >= 11 is 0. The molecule has 2 heterocycles. The minimum absolute atomic E-state index is 0.0341. The molecule has 2 rings (SSSR count). The molecule has 1 aliphatic rings. The maximum absolute atomic E-state index is 5.93. The Balaban J connectivity index is 2.31. The van der Waals surface area contributed by atoms with Crippen molar-refractivity contribution in [3.8, 4) is 0 Å². The van der Waals surface area contributed by atoms with Crippen molar-refractivity contribution in [3.63, 3.8) is 0 Å². The Bertz CT molecular complexity index is 380. The van der Waals surface area contributed by atoms with Crippen LogP contribution in [0.1, 0.15) is 45.2 Å². The van der Waals surface area contributed by atoms with Gasteiger partial charge in [-0.25, -0.2) is 4.98 Å². The van der Waals surface area contributed by atoms with Gasteiger partial charge < -0.3 is 15.0 Å². The summed E-state index contributed by atoms with van der Waals surface area (Å²) in [6, 6.07) is 0. The maximum atomic E-state index is 5.93. The Morgan fingerprint density at radius 3 is 2.89 bits per heavy atom. The second-order valence-corrected chi connectivity index (χ2v) is 5.93. The van der Waals surface area contributed by atoms with Crippen molar-refractivity contribution in [2.75, 3.05) is 19.8 Å². The lowest BCUT2D eigenvalue weighted by Gasteiger charge is -2.37. The van der Waals surface area contributed by atoms with Crippen LogP contribution in [0.4, 0.5) is 0 Å². The molecule has 2 unspecified atom stereocenters. The minimum atomic E-state index is 0.0341. The summed E-state index contributed by atoms with van der Waals surface area (Å²) in [4.78, 5) is 4.35. The van der Waals surface area contributed by atoms with Crippen LogP contribution in [0.2, 0.25) is 0 Å². The molecule has 0 saturated carbocycles. The van der Waals surface area contributed by atoms with Gasteiger partial charge in [-0.3, -0.25) is 0 Å². The van der Waals surface area contributed by atoms with E-state index < -0.39 is 0 Å². The van der Waals surface area contributed by atoms with E-state index >= 15 is 0 Å². The van der Waals surface area contributed by atoms with Crippen LogP contribution >= 0.6 is 0 Å². The van der Waals surface area contributed by atoms with E-state index in [-0.39, 0.29) is 5.54 Å². The Kier molecular flexibility index (Phi) is 4.07. The van der Waals surface area contributed by atoms with Gasteiger partial charge in [0, 0.05) is 31.0 Å². The molecule has 0 aliphatic carbocycles. The summed E-state index contributed by atoms with van der Waals surface area (Å²) in [7, 11) is 0. The van der Waals surface area contributed by atoms with Crippen LogP contribution in [-0.4, -0.2) is 29.3 Å². The molecule has 2 N–H and O–H groups in total. The van der Waals surface area contributed by atoms with Crippen LogP contribution < -0.4 is 5.73 Å². The lowest BCUT2D eigenvalue weighted by molar-refractivity contribution is 0.00759. The maximum Gasteiger partial charge on any atom is 0.0954 e. The number of hydrogen-bond donors (Lipinski definition) is 1. The summed E-state index contributed by atoms with van der Waals surface area (Å²) in [5.74, 6) is 0.893. The second kappa shape index (κ2) is 5.41. The summed E-state index contributed by atoms with van der Waals surface area (Å²) in [6.45, 7) is 9.00. The average molecular weight is 251 g/mol. The molecule has 1 saturated heterocycles. The van der Waals surface area contributed by atoms with Crippen molar-refractivity contribution in [2.24, 2.45) is 11.7 Å². The zero-order valence-electron chi connectivity index (χ0n) is 11.7. The van der Waals surface area contributed by atoms with Crippen LogP contribution in [-0.2, 0) is 10.3 Å². The van der Waals surface area contributed by atoms with Gasteiger partial charge in [-0.2, -0.15) is 0 Å². The van der Waals surface area contributed by atoms with Gasteiger partial charge in [-0.15, -0.1) is 0 Å². The highest BCUT2D eigenvalue weighted by molar-refractivity contribution is 5.12. The van der Waals surface area contributed by atoms with Gasteiger partial charge in [0.2, 0.25) is 0 Å². The number of aromatic nitrogens is 2. The highest BCUT2D eigenvalue weighted by Crippen LogP contribution is 2.32. The predicted molar refractivity (Wildman–Crippen MR) is 72.6 cm³/mol. The molecule has 1 aliphatic heterocycles. The van der Waals surface area contributed by atoms with Crippen LogP contribution in [0.5, 0.6) is 0 Å². The molecule has 1 fully saturated rings. The standard InChI is InChI=1S/C14H25N3O/c1-11(2)12(7-15)13-8-16-10-17(13)14(3)5-4-6-18-9-14/h8,10-12H,4-7,9,15H2,1-3H3. The average Bonchev–Trinajstić information content (AvgIpc) is 2.80. The Morgan fingerprint density at radius 1 is 1.56 bits per heavy atom. The van der Waals surface area contributed by atoms with Crippen LogP contribution in [0.25, 0.3) is 0 Å². The quantitative estimate of drug-likeness (QED) is 0.891. The summed E-state index contributed by atoms with van der Waals surface area (Å²) in [5.41, 5.74) is 7.22. The molecule has 1 aromatic heterocycles. The van der Waals surface area contributed by atoms with Gasteiger partial charge in [0.1, 0.15) is 0 Å². The Labute approximate surface area is 110 Å². The van der Waals surface area contributed by atoms with Gasteiger partial charge >= 0.3 is 0 Å². The van der Waals surface area contributed by atoms with E-state index in [0.29, 0.717) is 18.4 Å². The highest BCUT2D eigenvalue weighted by atomic mass is 16.5. The fourth-order valence-corrected chi connectivity index (χ4v) is 2.87. The topological polar surface area (TPSA) is 53.1 Å². The molecule has 0 bridgehead atoms. The fraction of sp³-hybridized carbons (Fsp3) is 0.786. The molecular weight excluding hydrogens is 226 g/mol. The van der Waals surface area contributed by atoms with E-state index in [0.717, 1.165) is 26.1 Å². The number of nitrogens with two attached hydrogens (primary N) is 1. The first-order chi connectivity index (χ1) is 8.58. The Morgan fingerprint density at radius 2 is 2.33 bits per heavy atom. The number of imidazole rings is 1. The number of hydrogen-bond acceptors (Lipinski definition) is 3. The number of rotatable bonds is 4. The first-order valence-corrected chi connectivity index (χ1v) is 6.89. The van der Waals surface area contributed by atoms with E-state index in [1.807, 2.05) is 12.5 Å². The molecule has 0 spiro atoms. The molecule has 18 heavy (non-hydrogen) atoms. The summed E-state index contributed by atoms with van der Waals surface area (Å²) in [5, 5.41) is 0. The van der Waals surface area contributed by atoms with E-state index in [1.54, 1.807) is 0 Å². The van der Waals surface area contributed by atoms with Crippen molar-refractivity contribution < 1.29 is 4.74 Å². The third-order valence-electron chi connectivity index (χ3n) is 4.10. The summed E-state index contributed by atoms with van der Waals surface area (Å²) in [6.07, 6.45) is 6.17. The molecule has 0 radical (unpaired) electrons. The van der Waals surface area contributed by atoms with Crippen molar-refractivity contribution in [1.82, 2.24) is 9.55 Å². The van der Waals surface area contributed by atoms with Crippen molar-refractivity contribution in [1.29, 1.82) is 0 Å². The van der Waals surface area contributed by atoms with Crippen LogP contribution in [0.3, 0.4) is 0 Å².